The van der Waals surface area contributed by atoms with Crippen molar-refractivity contribution in [2.75, 3.05) is 19.6 Å². The van der Waals surface area contributed by atoms with E-state index in [1.54, 1.807) is 11.8 Å². The molecule has 0 aromatic heterocycles. The zero-order chi connectivity index (χ0) is 15.4. The Morgan fingerprint density at radius 2 is 1.95 bits per heavy atom. The minimum Gasteiger partial charge on any atom is -0.468 e. The fourth-order valence-electron chi connectivity index (χ4n) is 2.36. The first kappa shape index (κ1) is 16.1. The van der Waals surface area contributed by atoms with Crippen molar-refractivity contribution in [1.82, 2.24) is 0 Å². The molecule has 4 nitrogen and oxygen atoms in total. The summed E-state index contributed by atoms with van der Waals surface area (Å²) in [5.74, 6) is -0.750. The van der Waals surface area contributed by atoms with E-state index in [4.69, 9.17) is 4.74 Å². The number of amidine groups is 1. The largest absolute Gasteiger partial charge is 0.468 e. The van der Waals surface area contributed by atoms with Crippen molar-refractivity contribution >= 4 is 40.4 Å². The van der Waals surface area contributed by atoms with E-state index >= 15 is 0 Å². The van der Waals surface area contributed by atoms with Crippen LogP contribution in [0, 0.1) is 5.92 Å². The number of benzene rings is 1. The van der Waals surface area contributed by atoms with E-state index in [1.807, 2.05) is 43.7 Å². The molecule has 0 bridgehead atoms. The molecule has 112 valence electrons. The first-order valence-electron chi connectivity index (χ1n) is 6.50. The number of hydrogen-bond donors (Lipinski definition) is 0. The Bertz CT molecular complexity index is 599. The van der Waals surface area contributed by atoms with Crippen molar-refractivity contribution < 1.29 is 9.53 Å². The molecule has 2 atom stereocenters. The molecule has 2 unspecified atom stereocenters. The molecule has 1 heterocycles. The van der Waals surface area contributed by atoms with Gasteiger partial charge in [0.2, 0.25) is 0 Å². The average molecular weight is 322 g/mol. The highest BCUT2D eigenvalue weighted by Crippen LogP contribution is 2.37. The average Bonchev–Trinajstić information content (AvgIpc) is 2.53. The van der Waals surface area contributed by atoms with E-state index < -0.39 is 5.92 Å². The van der Waals surface area contributed by atoms with Gasteiger partial charge in [0, 0.05) is 10.6 Å². The van der Waals surface area contributed by atoms with Gasteiger partial charge in [0.05, 0.1) is 13.2 Å². The van der Waals surface area contributed by atoms with Crippen molar-refractivity contribution in [1.29, 1.82) is 0 Å². The smallest absolute Gasteiger partial charge is 0.316 e. The zero-order valence-electron chi connectivity index (χ0n) is 12.5. The fourth-order valence-corrected chi connectivity index (χ4v) is 3.45. The molecule has 1 aliphatic rings. The molecule has 1 aromatic rings. The Balaban J connectivity index is 2.52. The molecule has 2 rings (SSSR count). The Labute approximate surface area is 133 Å². The predicted molar refractivity (Wildman–Crippen MR) is 90.5 cm³/mol. The lowest BCUT2D eigenvalue weighted by Gasteiger charge is -2.27. The van der Waals surface area contributed by atoms with Gasteiger partial charge in [-0.2, -0.15) is 0 Å². The zero-order valence-corrected chi connectivity index (χ0v) is 14.1. The van der Waals surface area contributed by atoms with Gasteiger partial charge in [-0.05, 0) is 31.1 Å². The summed E-state index contributed by atoms with van der Waals surface area (Å²) in [6.45, 7) is 1.86. The van der Waals surface area contributed by atoms with E-state index in [0.29, 0.717) is 5.17 Å². The summed E-state index contributed by atoms with van der Waals surface area (Å²) in [6, 6.07) is 7.75. The monoisotopic (exact) mass is 322 g/mol. The number of nitrogens with zero attached hydrogens (tertiary/aromatic N) is 2. The van der Waals surface area contributed by atoms with Gasteiger partial charge in [0.1, 0.15) is 5.92 Å². The van der Waals surface area contributed by atoms with Gasteiger partial charge < -0.3 is 4.74 Å². The van der Waals surface area contributed by atoms with Crippen LogP contribution in [0.3, 0.4) is 0 Å². The maximum absolute atomic E-state index is 12.2. The Kier molecular flexibility index (Phi) is 5.47. The molecule has 0 fully saturated rings. The molecule has 0 saturated heterocycles. The van der Waals surface area contributed by atoms with Gasteiger partial charge in [-0.1, -0.05) is 30.0 Å². The van der Waals surface area contributed by atoms with Crippen molar-refractivity contribution in [3.05, 3.63) is 29.8 Å². The highest BCUT2D eigenvalue weighted by Gasteiger charge is 2.36. The number of carbonyl (C=O) groups excluding carboxylic acids is 1. The van der Waals surface area contributed by atoms with E-state index in [1.165, 1.54) is 18.9 Å². The number of thioether (sulfide) groups is 2. The number of rotatable bonds is 3. The third kappa shape index (κ3) is 3.32. The lowest BCUT2D eigenvalue weighted by atomic mass is 9.89. The van der Waals surface area contributed by atoms with Crippen LogP contribution >= 0.6 is 23.5 Å². The molecule has 0 amide bonds. The lowest BCUT2D eigenvalue weighted by molar-refractivity contribution is -0.143. The highest BCUT2D eigenvalue weighted by molar-refractivity contribution is 8.13. The molecule has 0 aliphatic carbocycles. The van der Waals surface area contributed by atoms with Crippen molar-refractivity contribution in [3.8, 4) is 0 Å². The quantitative estimate of drug-likeness (QED) is 0.632. The van der Waals surface area contributed by atoms with E-state index in [0.717, 1.165) is 16.2 Å². The van der Waals surface area contributed by atoms with Crippen LogP contribution in [-0.4, -0.2) is 36.5 Å². The number of carbonyl (C=O) groups is 1. The maximum atomic E-state index is 12.2. The normalized spacial score (nSPS) is 21.5. The Morgan fingerprint density at radius 1 is 1.24 bits per heavy atom. The number of methoxy groups -OCH3 is 1. The Morgan fingerprint density at radius 3 is 2.57 bits per heavy atom. The van der Waals surface area contributed by atoms with Gasteiger partial charge in [-0.3, -0.25) is 9.79 Å². The van der Waals surface area contributed by atoms with Gasteiger partial charge in [-0.15, -0.1) is 11.8 Å². The maximum Gasteiger partial charge on any atom is 0.316 e. The van der Waals surface area contributed by atoms with Crippen molar-refractivity contribution in [2.45, 2.75) is 17.9 Å². The van der Waals surface area contributed by atoms with Crippen LogP contribution in [0.4, 0.5) is 0 Å². The van der Waals surface area contributed by atoms with Crippen LogP contribution in [0.1, 0.15) is 18.5 Å². The molecule has 0 spiro atoms. The lowest BCUT2D eigenvalue weighted by Crippen LogP contribution is -2.32. The van der Waals surface area contributed by atoms with Crippen LogP contribution in [0.15, 0.2) is 39.1 Å². The third-order valence-electron chi connectivity index (χ3n) is 3.38. The van der Waals surface area contributed by atoms with Crippen LogP contribution in [-0.2, 0) is 9.53 Å². The molecule has 1 aromatic carbocycles. The number of ether oxygens (including phenoxy) is 1. The van der Waals surface area contributed by atoms with Crippen molar-refractivity contribution in [3.63, 3.8) is 0 Å². The molecule has 6 heteroatoms. The van der Waals surface area contributed by atoms with Crippen LogP contribution in [0.25, 0.3) is 0 Å². The third-order valence-corrected chi connectivity index (χ3v) is 4.76. The molecule has 0 saturated carbocycles. The van der Waals surface area contributed by atoms with Gasteiger partial charge in [0.15, 0.2) is 5.17 Å². The van der Waals surface area contributed by atoms with Crippen LogP contribution in [0.5, 0.6) is 0 Å². The van der Waals surface area contributed by atoms with E-state index in [9.17, 15) is 4.79 Å². The number of hydrogen-bond acceptors (Lipinski definition) is 6. The van der Waals surface area contributed by atoms with Crippen LogP contribution in [0.2, 0.25) is 0 Å². The van der Waals surface area contributed by atoms with E-state index in [2.05, 4.69) is 9.98 Å². The Hall–Kier alpha value is -1.27. The molecule has 0 radical (unpaired) electrons. The summed E-state index contributed by atoms with van der Waals surface area (Å²) < 4.78 is 4.95. The summed E-state index contributed by atoms with van der Waals surface area (Å²) in [6.07, 6.45) is 3.96. The SMILES string of the molecule is COC(=O)C1C(C)=NC(SC)=NC1c1ccccc1SC. The van der Waals surface area contributed by atoms with E-state index in [-0.39, 0.29) is 12.0 Å². The van der Waals surface area contributed by atoms with Crippen molar-refractivity contribution in [2.24, 2.45) is 15.9 Å². The van der Waals surface area contributed by atoms with Gasteiger partial charge in [-0.25, -0.2) is 4.99 Å². The van der Waals surface area contributed by atoms with Gasteiger partial charge >= 0.3 is 5.97 Å². The van der Waals surface area contributed by atoms with Crippen LogP contribution < -0.4 is 0 Å². The summed E-state index contributed by atoms with van der Waals surface area (Å²) in [5, 5.41) is 0.702. The molecular weight excluding hydrogens is 304 g/mol. The summed E-state index contributed by atoms with van der Waals surface area (Å²) in [4.78, 5) is 22.4. The fraction of sp³-hybridized carbons (Fsp3) is 0.400. The summed E-state index contributed by atoms with van der Waals surface area (Å²) >= 11 is 3.14. The predicted octanol–water partition coefficient (Wildman–Crippen LogP) is 3.43. The second-order valence-electron chi connectivity index (χ2n) is 4.56. The standard InChI is InChI=1S/C15H18N2O2S2/c1-9-12(14(18)19-2)13(17-15(16-9)21-4)10-7-5-6-8-11(10)20-3/h5-8,12-13H,1-4H3. The number of aliphatic imine (C=N–C) groups is 2. The molecule has 0 N–H and O–H groups in total. The minimum atomic E-state index is -0.459. The summed E-state index contributed by atoms with van der Waals surface area (Å²) in [5.41, 5.74) is 1.79. The topological polar surface area (TPSA) is 51.0 Å². The second kappa shape index (κ2) is 7.13. The molecular formula is C15H18N2O2S2. The highest BCUT2D eigenvalue weighted by atomic mass is 32.2. The molecule has 21 heavy (non-hydrogen) atoms. The first-order chi connectivity index (χ1) is 10.1. The first-order valence-corrected chi connectivity index (χ1v) is 8.95. The second-order valence-corrected chi connectivity index (χ2v) is 6.18. The number of esters is 1. The molecule has 1 aliphatic heterocycles. The summed E-state index contributed by atoms with van der Waals surface area (Å²) in [7, 11) is 1.40. The minimum absolute atomic E-state index is 0.277. The van der Waals surface area contributed by atoms with Gasteiger partial charge in [0.25, 0.3) is 0 Å².